The number of benzene rings is 3. The van der Waals surface area contributed by atoms with E-state index in [0.29, 0.717) is 25.3 Å². The molecule has 0 aromatic heterocycles. The van der Waals surface area contributed by atoms with Gasteiger partial charge < -0.3 is 10.2 Å². The highest BCUT2D eigenvalue weighted by Gasteiger charge is 2.30. The average Bonchev–Trinajstić information content (AvgIpc) is 2.89. The van der Waals surface area contributed by atoms with E-state index in [9.17, 15) is 9.59 Å². The summed E-state index contributed by atoms with van der Waals surface area (Å²) in [7, 11) is 0. The molecular formula is C30H35BrN2O2S. The zero-order valence-electron chi connectivity index (χ0n) is 21.1. The van der Waals surface area contributed by atoms with Crippen LogP contribution in [-0.4, -0.2) is 35.1 Å². The van der Waals surface area contributed by atoms with Crippen LogP contribution < -0.4 is 5.32 Å². The van der Waals surface area contributed by atoms with E-state index in [1.807, 2.05) is 66.7 Å². The molecule has 0 saturated heterocycles. The molecular weight excluding hydrogens is 532 g/mol. The van der Waals surface area contributed by atoms with Gasteiger partial charge in [0.25, 0.3) is 0 Å². The van der Waals surface area contributed by atoms with Gasteiger partial charge >= 0.3 is 0 Å². The van der Waals surface area contributed by atoms with Crippen LogP contribution in [0.2, 0.25) is 0 Å². The molecule has 0 radical (unpaired) electrons. The Labute approximate surface area is 228 Å². The second kappa shape index (κ2) is 14.9. The lowest BCUT2D eigenvalue weighted by molar-refractivity contribution is -0.139. The van der Waals surface area contributed by atoms with E-state index in [-0.39, 0.29) is 11.8 Å². The number of thioether (sulfide) groups is 1. The van der Waals surface area contributed by atoms with Crippen molar-refractivity contribution in [2.75, 3.05) is 12.3 Å². The maximum atomic E-state index is 13.7. The van der Waals surface area contributed by atoms with Gasteiger partial charge in [-0.3, -0.25) is 9.59 Å². The van der Waals surface area contributed by atoms with Crippen LogP contribution >= 0.6 is 27.7 Å². The number of hydrogen-bond acceptors (Lipinski definition) is 3. The first-order chi connectivity index (χ1) is 17.5. The van der Waals surface area contributed by atoms with Crippen LogP contribution in [0.25, 0.3) is 0 Å². The first-order valence-corrected chi connectivity index (χ1v) is 14.4. The van der Waals surface area contributed by atoms with Gasteiger partial charge in [0, 0.05) is 29.7 Å². The Morgan fingerprint density at radius 1 is 0.944 bits per heavy atom. The Kier molecular flexibility index (Phi) is 11.6. The van der Waals surface area contributed by atoms with Crippen molar-refractivity contribution in [2.45, 2.75) is 51.4 Å². The van der Waals surface area contributed by atoms with Crippen LogP contribution in [0.4, 0.5) is 0 Å². The van der Waals surface area contributed by atoms with E-state index >= 15 is 0 Å². The summed E-state index contributed by atoms with van der Waals surface area (Å²) < 4.78 is 0.982. The van der Waals surface area contributed by atoms with E-state index < -0.39 is 6.04 Å². The van der Waals surface area contributed by atoms with E-state index in [4.69, 9.17) is 0 Å². The third kappa shape index (κ3) is 8.82. The molecule has 0 fully saturated rings. The highest BCUT2D eigenvalue weighted by atomic mass is 79.9. The number of carbonyl (C=O) groups excluding carboxylic acids is 2. The van der Waals surface area contributed by atoms with Crippen molar-refractivity contribution in [3.8, 4) is 0 Å². The topological polar surface area (TPSA) is 49.4 Å². The second-order valence-electron chi connectivity index (χ2n) is 8.92. The number of aryl methyl sites for hydroxylation is 1. The highest BCUT2D eigenvalue weighted by Crippen LogP contribution is 2.20. The molecule has 2 amide bonds. The molecule has 6 heteroatoms. The minimum absolute atomic E-state index is 0.0249. The van der Waals surface area contributed by atoms with Gasteiger partial charge in [0.2, 0.25) is 11.8 Å². The standard InChI is InChI=1S/C30H35BrN2O2S/c1-3-4-18-32-30(35)28(19-24-11-6-5-7-12-24)33(20-25-14-16-27(31)17-15-25)29(34)22-36-21-26-13-9-8-10-23(26)2/h5-17,28H,3-4,18-22H2,1-2H3,(H,32,35). The quantitative estimate of drug-likeness (QED) is 0.239. The Hall–Kier alpha value is -2.57. The third-order valence-electron chi connectivity index (χ3n) is 6.11. The minimum atomic E-state index is -0.584. The van der Waals surface area contributed by atoms with Crippen LogP contribution in [0.1, 0.15) is 42.0 Å². The van der Waals surface area contributed by atoms with E-state index in [0.717, 1.165) is 34.2 Å². The predicted octanol–water partition coefficient (Wildman–Crippen LogP) is 6.55. The lowest BCUT2D eigenvalue weighted by Crippen LogP contribution is -2.51. The monoisotopic (exact) mass is 566 g/mol. The summed E-state index contributed by atoms with van der Waals surface area (Å²) in [5, 5.41) is 3.08. The van der Waals surface area contributed by atoms with Crippen molar-refractivity contribution in [1.29, 1.82) is 0 Å². The Morgan fingerprint density at radius 3 is 2.33 bits per heavy atom. The average molecular weight is 568 g/mol. The van der Waals surface area contributed by atoms with E-state index in [1.165, 1.54) is 11.1 Å². The third-order valence-corrected chi connectivity index (χ3v) is 7.61. The Bertz CT molecular complexity index is 1110. The van der Waals surface area contributed by atoms with Crippen LogP contribution in [0, 0.1) is 6.92 Å². The number of halogens is 1. The Morgan fingerprint density at radius 2 is 1.64 bits per heavy atom. The summed E-state index contributed by atoms with van der Waals surface area (Å²) in [5.41, 5.74) is 4.48. The minimum Gasteiger partial charge on any atom is -0.354 e. The van der Waals surface area contributed by atoms with Gasteiger partial charge in [-0.15, -0.1) is 11.8 Å². The molecule has 1 unspecified atom stereocenters. The number of unbranched alkanes of at least 4 members (excludes halogenated alkanes) is 1. The predicted molar refractivity (Wildman–Crippen MR) is 154 cm³/mol. The van der Waals surface area contributed by atoms with Crippen LogP contribution in [-0.2, 0) is 28.3 Å². The van der Waals surface area contributed by atoms with E-state index in [2.05, 4.69) is 47.2 Å². The number of carbonyl (C=O) groups is 2. The number of rotatable bonds is 13. The molecule has 3 rings (SSSR count). The summed E-state index contributed by atoms with van der Waals surface area (Å²) in [5.74, 6) is 0.958. The number of nitrogens with one attached hydrogen (secondary N) is 1. The van der Waals surface area contributed by atoms with Gasteiger partial charge in [-0.25, -0.2) is 0 Å². The Balaban J connectivity index is 1.83. The summed E-state index contributed by atoms with van der Waals surface area (Å²) in [6, 6.07) is 25.5. The van der Waals surface area contributed by atoms with Gasteiger partial charge in [-0.2, -0.15) is 0 Å². The van der Waals surface area contributed by atoms with Crippen LogP contribution in [0.15, 0.2) is 83.3 Å². The molecule has 0 aliphatic heterocycles. The summed E-state index contributed by atoms with van der Waals surface area (Å²) in [6.45, 7) is 5.19. The molecule has 0 spiro atoms. The molecule has 0 saturated carbocycles. The first kappa shape index (κ1) is 28.0. The molecule has 3 aromatic carbocycles. The summed E-state index contributed by atoms with van der Waals surface area (Å²) in [4.78, 5) is 28.9. The fraction of sp³-hybridized carbons (Fsp3) is 0.333. The summed E-state index contributed by atoms with van der Waals surface area (Å²) in [6.07, 6.45) is 2.39. The number of amides is 2. The molecule has 1 atom stereocenters. The lowest BCUT2D eigenvalue weighted by Gasteiger charge is -2.31. The van der Waals surface area contributed by atoms with Gasteiger partial charge in [0.05, 0.1) is 5.75 Å². The molecule has 0 heterocycles. The lowest BCUT2D eigenvalue weighted by atomic mass is 10.0. The molecule has 1 N–H and O–H groups in total. The van der Waals surface area contributed by atoms with Crippen molar-refractivity contribution in [3.63, 3.8) is 0 Å². The molecule has 3 aromatic rings. The molecule has 0 aliphatic carbocycles. The first-order valence-electron chi connectivity index (χ1n) is 12.5. The van der Waals surface area contributed by atoms with Crippen molar-refractivity contribution in [1.82, 2.24) is 10.2 Å². The second-order valence-corrected chi connectivity index (χ2v) is 10.8. The number of nitrogens with zero attached hydrogens (tertiary/aromatic N) is 1. The van der Waals surface area contributed by atoms with E-state index in [1.54, 1.807) is 16.7 Å². The van der Waals surface area contributed by atoms with Crippen molar-refractivity contribution in [3.05, 3.63) is 106 Å². The zero-order chi connectivity index (χ0) is 25.8. The zero-order valence-corrected chi connectivity index (χ0v) is 23.5. The van der Waals surface area contributed by atoms with Crippen molar-refractivity contribution >= 4 is 39.5 Å². The molecule has 0 aliphatic rings. The molecule has 36 heavy (non-hydrogen) atoms. The number of hydrogen-bond donors (Lipinski definition) is 1. The highest BCUT2D eigenvalue weighted by molar-refractivity contribution is 9.10. The van der Waals surface area contributed by atoms with Crippen molar-refractivity contribution in [2.24, 2.45) is 0 Å². The van der Waals surface area contributed by atoms with Crippen LogP contribution in [0.3, 0.4) is 0 Å². The van der Waals surface area contributed by atoms with Gasteiger partial charge in [-0.1, -0.05) is 96.0 Å². The van der Waals surface area contributed by atoms with Gasteiger partial charge in [0.15, 0.2) is 0 Å². The SMILES string of the molecule is CCCCNC(=O)C(Cc1ccccc1)N(Cc1ccc(Br)cc1)C(=O)CSCc1ccccc1C. The van der Waals surface area contributed by atoms with Gasteiger partial charge in [0.1, 0.15) is 6.04 Å². The summed E-state index contributed by atoms with van der Waals surface area (Å²) >= 11 is 5.08. The largest absolute Gasteiger partial charge is 0.354 e. The van der Waals surface area contributed by atoms with Gasteiger partial charge in [-0.05, 0) is 47.7 Å². The fourth-order valence-corrected chi connectivity index (χ4v) is 5.20. The maximum Gasteiger partial charge on any atom is 0.243 e. The van der Waals surface area contributed by atoms with Crippen LogP contribution in [0.5, 0.6) is 0 Å². The molecule has 0 bridgehead atoms. The molecule has 190 valence electrons. The van der Waals surface area contributed by atoms with Crippen molar-refractivity contribution < 1.29 is 9.59 Å². The molecule has 4 nitrogen and oxygen atoms in total. The smallest absolute Gasteiger partial charge is 0.243 e. The maximum absolute atomic E-state index is 13.7. The fourth-order valence-electron chi connectivity index (χ4n) is 3.95. The normalized spacial score (nSPS) is 11.6.